The van der Waals surface area contributed by atoms with Crippen molar-refractivity contribution in [2.24, 2.45) is 0 Å². The molecule has 1 amide bonds. The van der Waals surface area contributed by atoms with Gasteiger partial charge in [-0.15, -0.1) is 0 Å². The van der Waals surface area contributed by atoms with Gasteiger partial charge in [-0.2, -0.15) is 0 Å². The first kappa shape index (κ1) is 14.4. The van der Waals surface area contributed by atoms with Crippen molar-refractivity contribution >= 4 is 16.7 Å². The molecule has 2 aromatic rings. The Bertz CT molecular complexity index is 593. The molecule has 0 aliphatic rings. The van der Waals surface area contributed by atoms with Crippen LogP contribution in [0, 0.1) is 0 Å². The summed E-state index contributed by atoms with van der Waals surface area (Å²) < 4.78 is 5.29. The van der Waals surface area contributed by atoms with Crippen molar-refractivity contribution < 1.29 is 9.53 Å². The summed E-state index contributed by atoms with van der Waals surface area (Å²) in [5.74, 6) is 0.999. The molecule has 3 nitrogen and oxygen atoms in total. The summed E-state index contributed by atoms with van der Waals surface area (Å²) in [6, 6.07) is 12.4. The van der Waals surface area contributed by atoms with Crippen LogP contribution in [0.5, 0.6) is 5.75 Å². The van der Waals surface area contributed by atoms with Crippen molar-refractivity contribution in [1.29, 1.82) is 0 Å². The number of hydrogen-bond donors (Lipinski definition) is 1. The summed E-state index contributed by atoms with van der Waals surface area (Å²) >= 11 is 0. The van der Waals surface area contributed by atoms with Gasteiger partial charge in [-0.05, 0) is 48.2 Å². The third-order valence-electron chi connectivity index (χ3n) is 3.40. The molecule has 0 radical (unpaired) electrons. The Balaban J connectivity index is 2.11. The fraction of sp³-hybridized carbons (Fsp3) is 0.353. The summed E-state index contributed by atoms with van der Waals surface area (Å²) in [5, 5.41) is 5.25. The van der Waals surface area contributed by atoms with Crippen molar-refractivity contribution in [3.8, 4) is 5.75 Å². The van der Waals surface area contributed by atoms with Crippen LogP contribution in [0.15, 0.2) is 36.4 Å². The zero-order chi connectivity index (χ0) is 14.4. The highest BCUT2D eigenvalue weighted by Crippen LogP contribution is 2.25. The second kappa shape index (κ2) is 6.94. The number of hydrogen-bond acceptors (Lipinski definition) is 2. The number of carbonyl (C=O) groups is 1. The first-order valence-corrected chi connectivity index (χ1v) is 7.07. The van der Waals surface area contributed by atoms with E-state index in [1.54, 1.807) is 7.11 Å². The number of aryl methyl sites for hydroxylation is 1. The molecular formula is C17H21NO2. The molecule has 0 aliphatic carbocycles. The maximum absolute atomic E-state index is 11.5. The number of methoxy groups -OCH3 is 1. The topological polar surface area (TPSA) is 38.3 Å². The highest BCUT2D eigenvalue weighted by molar-refractivity contribution is 5.87. The van der Waals surface area contributed by atoms with E-state index in [9.17, 15) is 4.79 Å². The lowest BCUT2D eigenvalue weighted by Crippen LogP contribution is -2.22. The van der Waals surface area contributed by atoms with Crippen LogP contribution < -0.4 is 10.1 Å². The van der Waals surface area contributed by atoms with Gasteiger partial charge in [0, 0.05) is 13.0 Å². The molecule has 0 heterocycles. The summed E-state index contributed by atoms with van der Waals surface area (Å²) in [4.78, 5) is 11.5. The smallest absolute Gasteiger partial charge is 0.219 e. The SMILES string of the molecule is CCNC(=O)CCCc1cccc2ccc(OC)cc12. The van der Waals surface area contributed by atoms with Crippen molar-refractivity contribution in [2.75, 3.05) is 13.7 Å². The number of ether oxygens (including phenoxy) is 1. The first-order valence-electron chi connectivity index (χ1n) is 7.07. The van der Waals surface area contributed by atoms with Crippen LogP contribution in [-0.4, -0.2) is 19.6 Å². The van der Waals surface area contributed by atoms with Gasteiger partial charge in [0.15, 0.2) is 0 Å². The van der Waals surface area contributed by atoms with E-state index in [1.807, 2.05) is 13.0 Å². The van der Waals surface area contributed by atoms with Gasteiger partial charge in [-0.25, -0.2) is 0 Å². The maximum Gasteiger partial charge on any atom is 0.219 e. The Hall–Kier alpha value is -2.03. The van der Waals surface area contributed by atoms with Gasteiger partial charge in [0.1, 0.15) is 5.75 Å². The van der Waals surface area contributed by atoms with Crippen LogP contribution in [0.25, 0.3) is 10.8 Å². The van der Waals surface area contributed by atoms with Crippen LogP contribution in [0.2, 0.25) is 0 Å². The molecule has 2 rings (SSSR count). The lowest BCUT2D eigenvalue weighted by molar-refractivity contribution is -0.121. The van der Waals surface area contributed by atoms with Gasteiger partial charge >= 0.3 is 0 Å². The predicted octanol–water partition coefficient (Wildman–Crippen LogP) is 3.31. The summed E-state index contributed by atoms with van der Waals surface area (Å²) in [6.45, 7) is 2.64. The molecule has 0 aliphatic heterocycles. The average Bonchev–Trinajstić information content (AvgIpc) is 2.47. The monoisotopic (exact) mass is 271 g/mol. The molecule has 0 bridgehead atoms. The predicted molar refractivity (Wildman–Crippen MR) is 82.1 cm³/mol. The Morgan fingerprint density at radius 3 is 2.85 bits per heavy atom. The first-order chi connectivity index (χ1) is 9.74. The fourth-order valence-electron chi connectivity index (χ4n) is 2.39. The molecule has 0 spiro atoms. The fourth-order valence-corrected chi connectivity index (χ4v) is 2.39. The van der Waals surface area contributed by atoms with Gasteiger partial charge in [-0.1, -0.05) is 24.3 Å². The lowest BCUT2D eigenvalue weighted by Gasteiger charge is -2.08. The molecule has 1 N–H and O–H groups in total. The minimum atomic E-state index is 0.130. The van der Waals surface area contributed by atoms with Crippen LogP contribution in [0.1, 0.15) is 25.3 Å². The normalized spacial score (nSPS) is 10.5. The van der Waals surface area contributed by atoms with Crippen LogP contribution in [0.4, 0.5) is 0 Å². The number of benzene rings is 2. The molecule has 0 saturated heterocycles. The second-order valence-corrected chi connectivity index (χ2v) is 4.81. The molecule has 106 valence electrons. The summed E-state index contributed by atoms with van der Waals surface area (Å²) in [7, 11) is 1.68. The average molecular weight is 271 g/mol. The zero-order valence-corrected chi connectivity index (χ0v) is 12.1. The van der Waals surface area contributed by atoms with E-state index in [-0.39, 0.29) is 5.91 Å². The van der Waals surface area contributed by atoms with Crippen molar-refractivity contribution in [1.82, 2.24) is 5.32 Å². The van der Waals surface area contributed by atoms with E-state index in [0.29, 0.717) is 13.0 Å². The highest BCUT2D eigenvalue weighted by Gasteiger charge is 2.04. The molecule has 3 heteroatoms. The number of amides is 1. The van der Waals surface area contributed by atoms with Crippen LogP contribution in [0.3, 0.4) is 0 Å². The number of carbonyl (C=O) groups excluding carboxylic acids is 1. The zero-order valence-electron chi connectivity index (χ0n) is 12.1. The van der Waals surface area contributed by atoms with Crippen LogP contribution in [-0.2, 0) is 11.2 Å². The Morgan fingerprint density at radius 2 is 2.10 bits per heavy atom. The molecule has 0 aromatic heterocycles. The Kier molecular flexibility index (Phi) is 4.99. The van der Waals surface area contributed by atoms with E-state index in [2.05, 4.69) is 35.6 Å². The number of rotatable bonds is 6. The van der Waals surface area contributed by atoms with E-state index in [4.69, 9.17) is 4.74 Å². The van der Waals surface area contributed by atoms with E-state index >= 15 is 0 Å². The third kappa shape index (κ3) is 3.50. The molecule has 0 unspecified atom stereocenters. The van der Waals surface area contributed by atoms with Gasteiger partial charge in [-0.3, -0.25) is 4.79 Å². The summed E-state index contributed by atoms with van der Waals surface area (Å²) in [5.41, 5.74) is 1.27. The standard InChI is InChI=1S/C17H21NO2/c1-3-18-17(19)9-5-8-13-6-4-7-14-10-11-15(20-2)12-16(13)14/h4,6-7,10-12H,3,5,8-9H2,1-2H3,(H,18,19). The van der Waals surface area contributed by atoms with Crippen molar-refractivity contribution in [3.05, 3.63) is 42.0 Å². The molecule has 0 saturated carbocycles. The van der Waals surface area contributed by atoms with E-state index in [1.165, 1.54) is 16.3 Å². The second-order valence-electron chi connectivity index (χ2n) is 4.81. The van der Waals surface area contributed by atoms with E-state index in [0.717, 1.165) is 18.6 Å². The third-order valence-corrected chi connectivity index (χ3v) is 3.40. The van der Waals surface area contributed by atoms with Gasteiger partial charge < -0.3 is 10.1 Å². The minimum Gasteiger partial charge on any atom is -0.497 e. The maximum atomic E-state index is 11.5. The minimum absolute atomic E-state index is 0.130. The molecule has 0 atom stereocenters. The molecule has 2 aromatic carbocycles. The Morgan fingerprint density at radius 1 is 1.25 bits per heavy atom. The molecule has 0 fully saturated rings. The number of nitrogens with one attached hydrogen (secondary N) is 1. The quantitative estimate of drug-likeness (QED) is 0.875. The largest absolute Gasteiger partial charge is 0.497 e. The van der Waals surface area contributed by atoms with Crippen LogP contribution >= 0.6 is 0 Å². The van der Waals surface area contributed by atoms with Gasteiger partial charge in [0.2, 0.25) is 5.91 Å². The summed E-state index contributed by atoms with van der Waals surface area (Å²) in [6.07, 6.45) is 2.35. The van der Waals surface area contributed by atoms with Gasteiger partial charge in [0.25, 0.3) is 0 Å². The highest BCUT2D eigenvalue weighted by atomic mass is 16.5. The van der Waals surface area contributed by atoms with Gasteiger partial charge in [0.05, 0.1) is 7.11 Å². The lowest BCUT2D eigenvalue weighted by atomic mass is 10.00. The Labute approximate surface area is 119 Å². The van der Waals surface area contributed by atoms with Crippen molar-refractivity contribution in [3.63, 3.8) is 0 Å². The molecule has 20 heavy (non-hydrogen) atoms. The van der Waals surface area contributed by atoms with E-state index < -0.39 is 0 Å². The van der Waals surface area contributed by atoms with Crippen molar-refractivity contribution in [2.45, 2.75) is 26.2 Å². The number of fused-ring (bicyclic) bond motifs is 1. The molecular weight excluding hydrogens is 250 g/mol.